The van der Waals surface area contributed by atoms with Crippen molar-refractivity contribution in [2.24, 2.45) is 5.92 Å². The van der Waals surface area contributed by atoms with Crippen molar-refractivity contribution >= 4 is 23.8 Å². The van der Waals surface area contributed by atoms with Crippen molar-refractivity contribution < 1.29 is 14.7 Å². The quantitative estimate of drug-likeness (QED) is 0.867. The fourth-order valence-electron chi connectivity index (χ4n) is 3.10. The lowest BCUT2D eigenvalue weighted by atomic mass is 10.0. The van der Waals surface area contributed by atoms with Crippen molar-refractivity contribution in [3.05, 3.63) is 0 Å². The number of rotatable bonds is 3. The standard InChI is InChI=1S/C14H24N2O3S/c1-10-7-16(8-11(2)20-10)14(19)15-6-5-12(9-15)3-4-13(17)18/h10-12H,3-9H2,1-2H3,(H,17,18). The van der Waals surface area contributed by atoms with Gasteiger partial charge in [-0.15, -0.1) is 0 Å². The second-order valence-electron chi connectivity index (χ2n) is 5.98. The Balaban J connectivity index is 1.83. The molecule has 2 amide bonds. The fraction of sp³-hybridized carbons (Fsp3) is 0.857. The highest BCUT2D eigenvalue weighted by molar-refractivity contribution is 8.00. The molecule has 0 aliphatic carbocycles. The second kappa shape index (κ2) is 6.70. The lowest BCUT2D eigenvalue weighted by Crippen LogP contribution is -2.49. The summed E-state index contributed by atoms with van der Waals surface area (Å²) >= 11 is 1.94. The predicted octanol–water partition coefficient (Wildman–Crippen LogP) is 2.12. The monoisotopic (exact) mass is 300 g/mol. The fourth-order valence-corrected chi connectivity index (χ4v) is 4.43. The molecule has 0 aromatic heterocycles. The van der Waals surface area contributed by atoms with Crippen LogP contribution < -0.4 is 0 Å². The Bertz CT molecular complexity index is 367. The van der Waals surface area contributed by atoms with Gasteiger partial charge in [0.2, 0.25) is 0 Å². The van der Waals surface area contributed by atoms with E-state index >= 15 is 0 Å². The van der Waals surface area contributed by atoms with Gasteiger partial charge in [0.1, 0.15) is 0 Å². The van der Waals surface area contributed by atoms with Gasteiger partial charge in [-0.25, -0.2) is 4.79 Å². The van der Waals surface area contributed by atoms with Crippen LogP contribution >= 0.6 is 11.8 Å². The minimum absolute atomic E-state index is 0.141. The van der Waals surface area contributed by atoms with Crippen molar-refractivity contribution in [3.8, 4) is 0 Å². The molecule has 20 heavy (non-hydrogen) atoms. The smallest absolute Gasteiger partial charge is 0.320 e. The zero-order chi connectivity index (χ0) is 14.7. The van der Waals surface area contributed by atoms with Crippen LogP contribution in [0.2, 0.25) is 0 Å². The van der Waals surface area contributed by atoms with Crippen LogP contribution in [0.5, 0.6) is 0 Å². The molecule has 2 saturated heterocycles. The first kappa shape index (κ1) is 15.5. The molecule has 2 aliphatic rings. The Morgan fingerprint density at radius 1 is 1.15 bits per heavy atom. The largest absolute Gasteiger partial charge is 0.481 e. The number of hydrogen-bond donors (Lipinski definition) is 1. The SMILES string of the molecule is CC1CN(C(=O)N2CCC(CCC(=O)O)C2)CC(C)S1. The molecule has 3 atom stereocenters. The first-order chi connectivity index (χ1) is 9.45. The lowest BCUT2D eigenvalue weighted by Gasteiger charge is -2.36. The summed E-state index contributed by atoms with van der Waals surface area (Å²) in [5.41, 5.74) is 0. The Kier molecular flexibility index (Phi) is 5.18. The van der Waals surface area contributed by atoms with Gasteiger partial charge in [-0.1, -0.05) is 13.8 Å². The van der Waals surface area contributed by atoms with E-state index in [9.17, 15) is 9.59 Å². The minimum atomic E-state index is -0.745. The Labute approximate surface area is 124 Å². The molecule has 2 aliphatic heterocycles. The van der Waals surface area contributed by atoms with Crippen LogP contribution in [0.15, 0.2) is 0 Å². The summed E-state index contributed by atoms with van der Waals surface area (Å²) in [6, 6.07) is 0.141. The van der Waals surface area contributed by atoms with E-state index in [1.165, 1.54) is 0 Å². The zero-order valence-electron chi connectivity index (χ0n) is 12.2. The van der Waals surface area contributed by atoms with E-state index in [0.717, 1.165) is 32.6 Å². The molecule has 5 nitrogen and oxygen atoms in total. The van der Waals surface area contributed by atoms with Gasteiger partial charge in [0.25, 0.3) is 0 Å². The summed E-state index contributed by atoms with van der Waals surface area (Å²) in [6.45, 7) is 7.48. The molecule has 2 fully saturated rings. The van der Waals surface area contributed by atoms with Gasteiger partial charge in [0.05, 0.1) is 0 Å². The van der Waals surface area contributed by atoms with E-state index in [1.54, 1.807) is 0 Å². The van der Waals surface area contributed by atoms with Gasteiger partial charge in [0.15, 0.2) is 0 Å². The molecule has 0 saturated carbocycles. The van der Waals surface area contributed by atoms with Crippen molar-refractivity contribution in [1.29, 1.82) is 0 Å². The first-order valence-corrected chi connectivity index (χ1v) is 8.31. The number of carboxylic acid groups (broad SMARTS) is 1. The molecule has 0 aromatic carbocycles. The van der Waals surface area contributed by atoms with Crippen molar-refractivity contribution in [1.82, 2.24) is 9.80 Å². The van der Waals surface area contributed by atoms with Crippen LogP contribution in [0.4, 0.5) is 4.79 Å². The molecule has 0 bridgehead atoms. The van der Waals surface area contributed by atoms with Crippen LogP contribution in [-0.4, -0.2) is 63.6 Å². The normalized spacial score (nSPS) is 30.6. The lowest BCUT2D eigenvalue weighted by molar-refractivity contribution is -0.137. The third-order valence-electron chi connectivity index (χ3n) is 4.01. The third kappa shape index (κ3) is 4.04. The number of carboxylic acids is 1. The molecule has 1 N–H and O–H groups in total. The number of urea groups is 1. The van der Waals surface area contributed by atoms with E-state index in [2.05, 4.69) is 13.8 Å². The van der Waals surface area contributed by atoms with E-state index in [4.69, 9.17) is 5.11 Å². The highest BCUT2D eigenvalue weighted by atomic mass is 32.2. The Hall–Kier alpha value is -0.910. The summed E-state index contributed by atoms with van der Waals surface area (Å²) in [6.07, 6.45) is 1.83. The number of likely N-dealkylation sites (tertiary alicyclic amines) is 1. The summed E-state index contributed by atoms with van der Waals surface area (Å²) in [4.78, 5) is 27.0. The third-order valence-corrected chi connectivity index (χ3v) is 5.24. The van der Waals surface area contributed by atoms with E-state index in [1.807, 2.05) is 21.6 Å². The average molecular weight is 300 g/mol. The number of aliphatic carboxylic acids is 1. The van der Waals surface area contributed by atoms with Crippen molar-refractivity contribution in [3.63, 3.8) is 0 Å². The Morgan fingerprint density at radius 3 is 2.40 bits per heavy atom. The minimum Gasteiger partial charge on any atom is -0.481 e. The summed E-state index contributed by atoms with van der Waals surface area (Å²) in [5, 5.41) is 9.71. The number of hydrogen-bond acceptors (Lipinski definition) is 3. The van der Waals surface area contributed by atoms with Crippen molar-refractivity contribution in [2.75, 3.05) is 26.2 Å². The summed E-state index contributed by atoms with van der Waals surface area (Å²) < 4.78 is 0. The van der Waals surface area contributed by atoms with Gasteiger partial charge in [0, 0.05) is 43.1 Å². The topological polar surface area (TPSA) is 60.9 Å². The maximum atomic E-state index is 12.5. The van der Waals surface area contributed by atoms with Crippen LogP contribution in [0.1, 0.15) is 33.1 Å². The molecule has 0 spiro atoms. The average Bonchev–Trinajstić information content (AvgIpc) is 2.83. The molecule has 114 valence electrons. The summed E-state index contributed by atoms with van der Waals surface area (Å²) in [5.74, 6) is -0.394. The molecule has 2 heterocycles. The van der Waals surface area contributed by atoms with E-state index in [0.29, 0.717) is 22.8 Å². The highest BCUT2D eigenvalue weighted by Crippen LogP contribution is 2.27. The van der Waals surface area contributed by atoms with Crippen LogP contribution in [-0.2, 0) is 4.79 Å². The Morgan fingerprint density at radius 2 is 1.80 bits per heavy atom. The highest BCUT2D eigenvalue weighted by Gasteiger charge is 2.32. The first-order valence-electron chi connectivity index (χ1n) is 7.36. The number of carbonyl (C=O) groups is 2. The molecule has 6 heteroatoms. The number of nitrogens with zero attached hydrogens (tertiary/aromatic N) is 2. The molecule has 0 radical (unpaired) electrons. The maximum absolute atomic E-state index is 12.5. The maximum Gasteiger partial charge on any atom is 0.320 e. The zero-order valence-corrected chi connectivity index (χ0v) is 13.1. The van der Waals surface area contributed by atoms with Crippen LogP contribution in [0.25, 0.3) is 0 Å². The van der Waals surface area contributed by atoms with Gasteiger partial charge >= 0.3 is 12.0 Å². The van der Waals surface area contributed by atoms with E-state index < -0.39 is 5.97 Å². The van der Waals surface area contributed by atoms with Gasteiger partial charge in [-0.05, 0) is 18.8 Å². The van der Waals surface area contributed by atoms with Crippen LogP contribution in [0.3, 0.4) is 0 Å². The van der Waals surface area contributed by atoms with E-state index in [-0.39, 0.29) is 12.5 Å². The van der Waals surface area contributed by atoms with Gasteiger partial charge in [-0.3, -0.25) is 4.79 Å². The van der Waals surface area contributed by atoms with Crippen LogP contribution in [0, 0.1) is 5.92 Å². The van der Waals surface area contributed by atoms with Gasteiger partial charge < -0.3 is 14.9 Å². The number of amides is 2. The predicted molar refractivity (Wildman–Crippen MR) is 80.0 cm³/mol. The molecule has 2 rings (SSSR count). The second-order valence-corrected chi connectivity index (χ2v) is 7.86. The van der Waals surface area contributed by atoms with Crippen molar-refractivity contribution in [2.45, 2.75) is 43.6 Å². The summed E-state index contributed by atoms with van der Waals surface area (Å²) in [7, 11) is 0. The molecular formula is C14H24N2O3S. The number of thioether (sulfide) groups is 1. The molecular weight excluding hydrogens is 276 g/mol. The number of carbonyl (C=O) groups excluding carboxylic acids is 1. The molecule has 0 aromatic rings. The van der Waals surface area contributed by atoms with Gasteiger partial charge in [-0.2, -0.15) is 11.8 Å². The molecule has 3 unspecified atom stereocenters.